The summed E-state index contributed by atoms with van der Waals surface area (Å²) in [4.78, 5) is 2.06. The van der Waals surface area contributed by atoms with Crippen LogP contribution in [-0.2, 0) is 62.3 Å². The van der Waals surface area contributed by atoms with Gasteiger partial charge in [-0.25, -0.2) is 4.39 Å². The Bertz CT molecular complexity index is 2430. The van der Waals surface area contributed by atoms with Crippen molar-refractivity contribution in [3.8, 4) is 16.2 Å². The Balaban J connectivity index is 1.19. The standard InChI is InChI=1S/C52H49FO7S/c1-36-28-46(54)45(30-42(36)29-44-26-27-48(61-44)41-22-24-43(53)25-23-41)52(55)51(59-34-40-20-12-5-13-21-40)50(58-33-39-18-10-4-11-19-39)49(57-32-38-16-8-3-9-17-38)47(60-52)35-56-31-37-14-6-2-7-15-37/h2-28,30,47,49-51,54-55H,29,31-35H2,1H3/t47-,49-,50+,51-,52+/m1/s1. The number of phenolic OH excluding ortho intramolecular Hbond substituents is 1. The van der Waals surface area contributed by atoms with Gasteiger partial charge in [-0.3, -0.25) is 0 Å². The van der Waals surface area contributed by atoms with Crippen molar-refractivity contribution in [2.75, 3.05) is 6.61 Å². The summed E-state index contributed by atoms with van der Waals surface area (Å²) in [7, 11) is 0. The monoisotopic (exact) mass is 836 g/mol. The van der Waals surface area contributed by atoms with Crippen LogP contribution in [0.1, 0.15) is 43.8 Å². The van der Waals surface area contributed by atoms with Crippen LogP contribution in [0.25, 0.3) is 10.4 Å². The van der Waals surface area contributed by atoms with Crippen LogP contribution in [-0.4, -0.2) is 41.2 Å². The minimum absolute atomic E-state index is 0.0358. The summed E-state index contributed by atoms with van der Waals surface area (Å²) >= 11 is 1.61. The van der Waals surface area contributed by atoms with Crippen molar-refractivity contribution >= 4 is 11.3 Å². The zero-order chi connectivity index (χ0) is 42.0. The highest BCUT2D eigenvalue weighted by molar-refractivity contribution is 7.15. The summed E-state index contributed by atoms with van der Waals surface area (Å²) in [6.45, 7) is 2.81. The van der Waals surface area contributed by atoms with E-state index in [-0.39, 0.29) is 43.6 Å². The summed E-state index contributed by atoms with van der Waals surface area (Å²) < 4.78 is 47.4. The van der Waals surface area contributed by atoms with E-state index in [1.54, 1.807) is 29.5 Å². The predicted octanol–water partition coefficient (Wildman–Crippen LogP) is 10.7. The molecule has 1 aromatic heterocycles. The number of benzene rings is 6. The van der Waals surface area contributed by atoms with Gasteiger partial charge < -0.3 is 33.9 Å². The number of thiophene rings is 1. The second-order valence-electron chi connectivity index (χ2n) is 15.3. The molecule has 0 saturated carbocycles. The van der Waals surface area contributed by atoms with Crippen LogP contribution in [0.15, 0.2) is 170 Å². The highest BCUT2D eigenvalue weighted by Crippen LogP contribution is 2.45. The number of aromatic hydroxyl groups is 1. The lowest BCUT2D eigenvalue weighted by molar-refractivity contribution is -0.379. The molecule has 0 spiro atoms. The van der Waals surface area contributed by atoms with Crippen molar-refractivity contribution in [3.63, 3.8) is 0 Å². The van der Waals surface area contributed by atoms with Crippen molar-refractivity contribution < 1.29 is 38.3 Å². The zero-order valence-corrected chi connectivity index (χ0v) is 34.8. The molecule has 1 aliphatic rings. The molecule has 1 fully saturated rings. The Labute approximate surface area is 360 Å². The molecular weight excluding hydrogens is 788 g/mol. The minimum atomic E-state index is -2.25. The minimum Gasteiger partial charge on any atom is -0.507 e. The molecule has 0 amide bonds. The van der Waals surface area contributed by atoms with E-state index in [1.807, 2.05) is 140 Å². The van der Waals surface area contributed by atoms with Crippen LogP contribution in [0.3, 0.4) is 0 Å². The van der Waals surface area contributed by atoms with Gasteiger partial charge in [0.25, 0.3) is 0 Å². The molecule has 0 unspecified atom stereocenters. The van der Waals surface area contributed by atoms with E-state index in [1.165, 1.54) is 12.1 Å². The summed E-state index contributed by atoms with van der Waals surface area (Å²) in [6.07, 6.45) is -3.28. The van der Waals surface area contributed by atoms with Crippen molar-refractivity contribution in [1.82, 2.24) is 0 Å². The third-order valence-corrected chi connectivity index (χ3v) is 12.1. The number of hydrogen-bond acceptors (Lipinski definition) is 8. The van der Waals surface area contributed by atoms with Gasteiger partial charge in [-0.15, -0.1) is 11.3 Å². The van der Waals surface area contributed by atoms with Crippen molar-refractivity contribution in [2.45, 2.75) is 70.0 Å². The molecule has 312 valence electrons. The highest BCUT2D eigenvalue weighted by Gasteiger charge is 2.58. The average Bonchev–Trinajstić information content (AvgIpc) is 3.76. The normalized spacial score (nSPS) is 20.1. The third-order valence-electron chi connectivity index (χ3n) is 10.9. The van der Waals surface area contributed by atoms with E-state index in [0.717, 1.165) is 48.7 Å². The Morgan fingerprint density at radius 2 is 1.15 bits per heavy atom. The summed E-state index contributed by atoms with van der Waals surface area (Å²) in [5.74, 6) is -2.68. The average molecular weight is 837 g/mol. The lowest BCUT2D eigenvalue weighted by Gasteiger charge is -2.50. The van der Waals surface area contributed by atoms with Gasteiger partial charge in [-0.2, -0.15) is 0 Å². The fourth-order valence-electron chi connectivity index (χ4n) is 7.71. The van der Waals surface area contributed by atoms with Crippen molar-refractivity contribution in [3.05, 3.63) is 219 Å². The summed E-state index contributed by atoms with van der Waals surface area (Å²) in [6, 6.07) is 53.2. The van der Waals surface area contributed by atoms with Gasteiger partial charge in [0.05, 0.1) is 38.6 Å². The SMILES string of the molecule is Cc1cc(O)c([C@]2(O)O[C@H](COCc3ccccc3)[C@@H](OCc3ccccc3)[C@H](OCc3ccccc3)[C@H]2OCc2ccccc2)cc1Cc1ccc(-c2ccc(F)cc2)s1. The van der Waals surface area contributed by atoms with Gasteiger partial charge in [-0.05, 0) is 82.3 Å². The topological polar surface area (TPSA) is 86.6 Å². The molecule has 6 aromatic carbocycles. The molecule has 8 rings (SSSR count). The van der Waals surface area contributed by atoms with E-state index in [9.17, 15) is 14.6 Å². The van der Waals surface area contributed by atoms with Gasteiger partial charge in [0, 0.05) is 16.2 Å². The molecular formula is C52H49FO7S. The smallest absolute Gasteiger partial charge is 0.226 e. The molecule has 0 bridgehead atoms. The highest BCUT2D eigenvalue weighted by atomic mass is 32.1. The molecule has 7 nitrogen and oxygen atoms in total. The fourth-order valence-corrected chi connectivity index (χ4v) is 8.75. The molecule has 61 heavy (non-hydrogen) atoms. The third kappa shape index (κ3) is 10.5. The van der Waals surface area contributed by atoms with E-state index in [4.69, 9.17) is 23.7 Å². The molecule has 0 aliphatic carbocycles. The molecule has 2 N–H and O–H groups in total. The first-order valence-electron chi connectivity index (χ1n) is 20.5. The molecule has 0 radical (unpaired) electrons. The van der Waals surface area contributed by atoms with Crippen LogP contribution in [0.4, 0.5) is 4.39 Å². The second-order valence-corrected chi connectivity index (χ2v) is 16.5. The van der Waals surface area contributed by atoms with Crippen LogP contribution < -0.4 is 0 Å². The second kappa shape index (κ2) is 19.9. The summed E-state index contributed by atoms with van der Waals surface area (Å²) in [5, 5.41) is 25.2. The Morgan fingerprint density at radius 3 is 1.72 bits per heavy atom. The Hall–Kier alpha value is -5.49. The van der Waals surface area contributed by atoms with Gasteiger partial charge >= 0.3 is 0 Å². The van der Waals surface area contributed by atoms with Gasteiger partial charge in [0.15, 0.2) is 0 Å². The van der Waals surface area contributed by atoms with Gasteiger partial charge in [0.1, 0.15) is 36.0 Å². The van der Waals surface area contributed by atoms with Crippen LogP contribution in [0.5, 0.6) is 5.75 Å². The quantitative estimate of drug-likeness (QED) is 0.0945. The number of aryl methyl sites for hydroxylation is 1. The maximum Gasteiger partial charge on any atom is 0.226 e. The summed E-state index contributed by atoms with van der Waals surface area (Å²) in [5.41, 5.74) is 6.52. The van der Waals surface area contributed by atoms with E-state index in [0.29, 0.717) is 13.0 Å². The molecule has 9 heteroatoms. The molecule has 5 atom stereocenters. The lowest BCUT2D eigenvalue weighted by atomic mass is 9.85. The Morgan fingerprint density at radius 1 is 0.623 bits per heavy atom. The van der Waals surface area contributed by atoms with Gasteiger partial charge in [0.2, 0.25) is 5.79 Å². The van der Waals surface area contributed by atoms with E-state index in [2.05, 4.69) is 6.07 Å². The van der Waals surface area contributed by atoms with Crippen molar-refractivity contribution in [2.24, 2.45) is 0 Å². The van der Waals surface area contributed by atoms with Crippen LogP contribution >= 0.6 is 11.3 Å². The number of rotatable bonds is 17. The largest absolute Gasteiger partial charge is 0.507 e. The number of aliphatic hydroxyl groups is 1. The molecule has 1 aliphatic heterocycles. The number of hydrogen-bond donors (Lipinski definition) is 2. The lowest BCUT2D eigenvalue weighted by Crippen LogP contribution is -2.65. The first-order valence-corrected chi connectivity index (χ1v) is 21.3. The zero-order valence-electron chi connectivity index (χ0n) is 33.9. The fraction of sp³-hybridized carbons (Fsp3) is 0.231. The van der Waals surface area contributed by atoms with E-state index >= 15 is 0 Å². The van der Waals surface area contributed by atoms with Crippen LogP contribution in [0, 0.1) is 12.7 Å². The van der Waals surface area contributed by atoms with E-state index < -0.39 is 30.2 Å². The first kappa shape index (κ1) is 42.2. The van der Waals surface area contributed by atoms with Crippen molar-refractivity contribution in [1.29, 1.82) is 0 Å². The molecule has 7 aromatic rings. The number of ether oxygens (including phenoxy) is 5. The first-order chi connectivity index (χ1) is 29.8. The predicted molar refractivity (Wildman–Crippen MR) is 235 cm³/mol. The molecule has 2 heterocycles. The number of halogens is 1. The number of phenols is 1. The Kier molecular flexibility index (Phi) is 13.8. The molecule has 1 saturated heterocycles. The maximum atomic E-state index is 13.7. The van der Waals surface area contributed by atoms with Gasteiger partial charge in [-0.1, -0.05) is 133 Å². The van der Waals surface area contributed by atoms with Crippen LogP contribution in [0.2, 0.25) is 0 Å². The maximum absolute atomic E-state index is 13.7.